The Morgan fingerprint density at radius 2 is 1.92 bits per heavy atom. The summed E-state index contributed by atoms with van der Waals surface area (Å²) < 4.78 is 0. The van der Waals surface area contributed by atoms with Crippen LogP contribution in [0.5, 0.6) is 0 Å². The molecule has 1 unspecified atom stereocenters. The molecule has 0 bridgehead atoms. The second-order valence-corrected chi connectivity index (χ2v) is 5.96. The van der Waals surface area contributed by atoms with Crippen molar-refractivity contribution in [3.05, 3.63) is 30.3 Å². The third-order valence-electron chi connectivity index (χ3n) is 2.28. The first-order chi connectivity index (χ1) is 6.34. The Hall–Kier alpha value is -0.603. The predicted molar refractivity (Wildman–Crippen MR) is 62.0 cm³/mol. The minimum Gasteiger partial charge on any atom is -0.336 e. The summed E-state index contributed by atoms with van der Waals surface area (Å²) in [6.45, 7) is 5.76. The average Bonchev–Trinajstić information content (AvgIpc) is 2.19. The molecule has 1 rings (SSSR count). The summed E-state index contributed by atoms with van der Waals surface area (Å²) in [7, 11) is -0.842. The topological polar surface area (TPSA) is 12.0 Å². The molecule has 2 heteroatoms. The Kier molecular flexibility index (Phi) is 4.79. The molecular formula is C11H19NSi. The standard InChI is InChI=1S/C11H19NSi/c1-3-4-10-12-13(2)11-8-6-5-7-9-11/h5-9,12-13H,3-4,10H2,1-2H3. The van der Waals surface area contributed by atoms with Gasteiger partial charge in [-0.05, 0) is 18.2 Å². The van der Waals surface area contributed by atoms with Gasteiger partial charge in [0, 0.05) is 0 Å². The summed E-state index contributed by atoms with van der Waals surface area (Å²) in [6.07, 6.45) is 2.58. The second-order valence-electron chi connectivity index (χ2n) is 3.44. The minimum atomic E-state index is -0.842. The molecule has 0 spiro atoms. The summed E-state index contributed by atoms with van der Waals surface area (Å²) in [5.41, 5.74) is 0. The third-order valence-corrected chi connectivity index (χ3v) is 4.57. The molecule has 0 radical (unpaired) electrons. The third kappa shape index (κ3) is 3.74. The van der Waals surface area contributed by atoms with E-state index in [-0.39, 0.29) is 0 Å². The summed E-state index contributed by atoms with van der Waals surface area (Å²) in [5, 5.41) is 1.51. The number of rotatable bonds is 5. The zero-order valence-corrected chi connectivity index (χ0v) is 9.74. The zero-order chi connectivity index (χ0) is 9.52. The number of unbranched alkanes of at least 4 members (excludes halogenated alkanes) is 1. The van der Waals surface area contributed by atoms with Gasteiger partial charge in [0.1, 0.15) is 8.96 Å². The molecule has 72 valence electrons. The van der Waals surface area contributed by atoms with E-state index in [1.807, 2.05) is 0 Å². The molecule has 13 heavy (non-hydrogen) atoms. The molecule has 1 aromatic rings. The van der Waals surface area contributed by atoms with E-state index < -0.39 is 8.96 Å². The van der Waals surface area contributed by atoms with Gasteiger partial charge in [-0.15, -0.1) is 0 Å². The number of nitrogens with one attached hydrogen (secondary N) is 1. The van der Waals surface area contributed by atoms with Crippen molar-refractivity contribution >= 4 is 14.1 Å². The van der Waals surface area contributed by atoms with Gasteiger partial charge < -0.3 is 4.98 Å². The highest BCUT2D eigenvalue weighted by Crippen LogP contribution is 1.87. The van der Waals surface area contributed by atoms with Crippen LogP contribution in [0.15, 0.2) is 30.3 Å². The quantitative estimate of drug-likeness (QED) is 0.554. The maximum atomic E-state index is 3.64. The number of hydrogen-bond donors (Lipinski definition) is 1. The van der Waals surface area contributed by atoms with Gasteiger partial charge in [0.2, 0.25) is 0 Å². The van der Waals surface area contributed by atoms with Crippen molar-refractivity contribution in [3.8, 4) is 0 Å². The maximum Gasteiger partial charge on any atom is 0.138 e. The Morgan fingerprint density at radius 3 is 2.54 bits per heavy atom. The summed E-state index contributed by atoms with van der Waals surface area (Å²) in [5.74, 6) is 0. The van der Waals surface area contributed by atoms with Gasteiger partial charge in [-0.1, -0.05) is 50.2 Å². The van der Waals surface area contributed by atoms with Crippen LogP contribution < -0.4 is 10.2 Å². The summed E-state index contributed by atoms with van der Waals surface area (Å²) in [4.78, 5) is 3.64. The molecule has 1 aromatic carbocycles. The van der Waals surface area contributed by atoms with Crippen molar-refractivity contribution in [2.75, 3.05) is 6.54 Å². The molecule has 0 aliphatic heterocycles. The van der Waals surface area contributed by atoms with Gasteiger partial charge in [0.15, 0.2) is 0 Å². The molecule has 1 atom stereocenters. The largest absolute Gasteiger partial charge is 0.336 e. The molecule has 0 saturated heterocycles. The van der Waals surface area contributed by atoms with Crippen LogP contribution >= 0.6 is 0 Å². The van der Waals surface area contributed by atoms with E-state index in [9.17, 15) is 0 Å². The first kappa shape index (κ1) is 10.5. The first-order valence-corrected chi connectivity index (χ1v) is 7.44. The lowest BCUT2D eigenvalue weighted by Gasteiger charge is -2.11. The van der Waals surface area contributed by atoms with E-state index in [0.717, 1.165) is 0 Å². The van der Waals surface area contributed by atoms with Crippen LogP contribution in [-0.2, 0) is 0 Å². The molecule has 0 saturated carbocycles. The number of hydrogen-bond acceptors (Lipinski definition) is 1. The highest BCUT2D eigenvalue weighted by molar-refractivity contribution is 6.69. The van der Waals surface area contributed by atoms with Crippen molar-refractivity contribution in [1.29, 1.82) is 0 Å². The van der Waals surface area contributed by atoms with Crippen molar-refractivity contribution < 1.29 is 0 Å². The second kappa shape index (κ2) is 5.94. The smallest absolute Gasteiger partial charge is 0.138 e. The van der Waals surface area contributed by atoms with Gasteiger partial charge in [-0.25, -0.2) is 0 Å². The monoisotopic (exact) mass is 193 g/mol. The highest BCUT2D eigenvalue weighted by Gasteiger charge is 2.03. The molecule has 0 aromatic heterocycles. The minimum absolute atomic E-state index is 0.842. The van der Waals surface area contributed by atoms with Crippen LogP contribution in [-0.4, -0.2) is 15.5 Å². The van der Waals surface area contributed by atoms with Crippen molar-refractivity contribution in [1.82, 2.24) is 4.98 Å². The fourth-order valence-electron chi connectivity index (χ4n) is 1.35. The van der Waals surface area contributed by atoms with Crippen LogP contribution in [0.4, 0.5) is 0 Å². The first-order valence-electron chi connectivity index (χ1n) is 5.13. The molecular weight excluding hydrogens is 174 g/mol. The normalized spacial score (nSPS) is 12.8. The SMILES string of the molecule is CCCCN[SiH](C)c1ccccc1. The van der Waals surface area contributed by atoms with E-state index in [0.29, 0.717) is 0 Å². The van der Waals surface area contributed by atoms with E-state index in [4.69, 9.17) is 0 Å². The number of benzene rings is 1. The Bertz CT molecular complexity index is 223. The average molecular weight is 193 g/mol. The van der Waals surface area contributed by atoms with Crippen LogP contribution in [0.2, 0.25) is 6.55 Å². The van der Waals surface area contributed by atoms with Gasteiger partial charge in [0.25, 0.3) is 0 Å². The lowest BCUT2D eigenvalue weighted by molar-refractivity contribution is 0.763. The van der Waals surface area contributed by atoms with Crippen molar-refractivity contribution in [2.45, 2.75) is 26.3 Å². The highest BCUT2D eigenvalue weighted by atomic mass is 28.3. The van der Waals surface area contributed by atoms with Gasteiger partial charge in [0.05, 0.1) is 0 Å². The van der Waals surface area contributed by atoms with Crippen molar-refractivity contribution in [3.63, 3.8) is 0 Å². The Labute approximate surface area is 82.9 Å². The fourth-order valence-corrected chi connectivity index (χ4v) is 3.03. The Morgan fingerprint density at radius 1 is 1.23 bits per heavy atom. The van der Waals surface area contributed by atoms with E-state index in [2.05, 4.69) is 48.8 Å². The van der Waals surface area contributed by atoms with Crippen LogP contribution in [0, 0.1) is 0 Å². The molecule has 0 amide bonds. The van der Waals surface area contributed by atoms with E-state index in [1.54, 1.807) is 0 Å². The van der Waals surface area contributed by atoms with E-state index in [1.165, 1.54) is 24.6 Å². The lowest BCUT2D eigenvalue weighted by atomic mass is 10.3. The molecule has 1 N–H and O–H groups in total. The van der Waals surface area contributed by atoms with Crippen LogP contribution in [0.3, 0.4) is 0 Å². The zero-order valence-electron chi connectivity index (χ0n) is 8.59. The maximum absolute atomic E-state index is 3.64. The molecule has 1 nitrogen and oxygen atoms in total. The molecule has 0 heterocycles. The van der Waals surface area contributed by atoms with Crippen molar-refractivity contribution in [2.24, 2.45) is 0 Å². The van der Waals surface area contributed by atoms with Crippen LogP contribution in [0.1, 0.15) is 19.8 Å². The molecule has 0 aliphatic rings. The lowest BCUT2D eigenvalue weighted by Crippen LogP contribution is -2.42. The molecule has 0 aliphatic carbocycles. The fraction of sp³-hybridized carbons (Fsp3) is 0.455. The predicted octanol–water partition coefficient (Wildman–Crippen LogP) is 1.64. The summed E-state index contributed by atoms with van der Waals surface area (Å²) in [6, 6.07) is 10.8. The summed E-state index contributed by atoms with van der Waals surface area (Å²) >= 11 is 0. The van der Waals surface area contributed by atoms with Crippen LogP contribution in [0.25, 0.3) is 0 Å². The Balaban J connectivity index is 2.35. The van der Waals surface area contributed by atoms with Gasteiger partial charge in [-0.3, -0.25) is 0 Å². The van der Waals surface area contributed by atoms with Gasteiger partial charge in [-0.2, -0.15) is 0 Å². The van der Waals surface area contributed by atoms with Gasteiger partial charge >= 0.3 is 0 Å². The molecule has 0 fully saturated rings. The van der Waals surface area contributed by atoms with E-state index >= 15 is 0 Å².